The molecule has 6 heteroatoms. The summed E-state index contributed by atoms with van der Waals surface area (Å²) in [4.78, 5) is 16.0. The van der Waals surface area contributed by atoms with Crippen LogP contribution in [-0.4, -0.2) is 37.0 Å². The van der Waals surface area contributed by atoms with Gasteiger partial charge in [-0.2, -0.15) is 0 Å². The van der Waals surface area contributed by atoms with Gasteiger partial charge in [-0.3, -0.25) is 9.69 Å². The van der Waals surface area contributed by atoms with Gasteiger partial charge in [-0.25, -0.2) is 0 Å². The molecular formula is C21H29Cl2N3O. The van der Waals surface area contributed by atoms with Crippen LogP contribution >= 0.6 is 24.8 Å². The zero-order valence-corrected chi connectivity index (χ0v) is 17.6. The van der Waals surface area contributed by atoms with E-state index in [9.17, 15) is 4.79 Å². The molecule has 0 spiro atoms. The van der Waals surface area contributed by atoms with Crippen LogP contribution in [0.25, 0.3) is 0 Å². The second-order valence-corrected chi connectivity index (χ2v) is 6.69. The molecule has 148 valence electrons. The van der Waals surface area contributed by atoms with E-state index in [4.69, 9.17) is 0 Å². The predicted octanol–water partition coefficient (Wildman–Crippen LogP) is 4.05. The minimum Gasteiger partial charge on any atom is -0.369 e. The van der Waals surface area contributed by atoms with Gasteiger partial charge in [0.2, 0.25) is 5.91 Å². The van der Waals surface area contributed by atoms with Gasteiger partial charge in [0.05, 0.1) is 0 Å². The Bertz CT molecular complexity index is 686. The number of halogens is 2. The Morgan fingerprint density at radius 3 is 2.11 bits per heavy atom. The lowest BCUT2D eigenvalue weighted by molar-refractivity contribution is -0.119. The highest BCUT2D eigenvalue weighted by atomic mass is 35.5. The van der Waals surface area contributed by atoms with E-state index in [0.29, 0.717) is 12.6 Å². The number of piperazine rings is 1. The Kier molecular flexibility index (Phi) is 9.64. The number of benzene rings is 2. The zero-order chi connectivity index (χ0) is 17.6. The van der Waals surface area contributed by atoms with Crippen LogP contribution in [0.2, 0.25) is 0 Å². The monoisotopic (exact) mass is 409 g/mol. The fourth-order valence-corrected chi connectivity index (χ4v) is 3.36. The van der Waals surface area contributed by atoms with Crippen molar-refractivity contribution in [2.24, 2.45) is 0 Å². The molecular weight excluding hydrogens is 381 g/mol. The van der Waals surface area contributed by atoms with Crippen molar-refractivity contribution in [2.45, 2.75) is 26.4 Å². The molecule has 3 rings (SSSR count). The van der Waals surface area contributed by atoms with Crippen LogP contribution in [0.4, 0.5) is 5.69 Å². The maximum absolute atomic E-state index is 11.0. The summed E-state index contributed by atoms with van der Waals surface area (Å²) in [6.07, 6.45) is 0. The number of carbonyl (C=O) groups excluding carboxylic acids is 1. The normalized spacial score (nSPS) is 15.3. The van der Waals surface area contributed by atoms with E-state index in [-0.39, 0.29) is 30.7 Å². The Morgan fingerprint density at radius 1 is 0.963 bits per heavy atom. The average molecular weight is 410 g/mol. The zero-order valence-electron chi connectivity index (χ0n) is 15.9. The van der Waals surface area contributed by atoms with Crippen molar-refractivity contribution in [3.63, 3.8) is 0 Å². The SMILES string of the molecule is CC(=O)NCc1ccc(C(C)N2CCN(c3ccccc3)CC2)cc1.Cl.Cl. The fraction of sp³-hybridized carbons (Fsp3) is 0.381. The first-order chi connectivity index (χ1) is 12.1. The summed E-state index contributed by atoms with van der Waals surface area (Å²) < 4.78 is 0. The number of para-hydroxylation sites is 1. The molecule has 1 atom stereocenters. The molecule has 0 saturated carbocycles. The van der Waals surface area contributed by atoms with Crippen molar-refractivity contribution in [1.82, 2.24) is 10.2 Å². The van der Waals surface area contributed by atoms with Crippen LogP contribution in [0.5, 0.6) is 0 Å². The molecule has 4 nitrogen and oxygen atoms in total. The fourth-order valence-electron chi connectivity index (χ4n) is 3.36. The summed E-state index contributed by atoms with van der Waals surface area (Å²) in [5.41, 5.74) is 3.79. The van der Waals surface area contributed by atoms with Gasteiger partial charge in [-0.15, -0.1) is 24.8 Å². The molecule has 1 aliphatic heterocycles. The van der Waals surface area contributed by atoms with Gasteiger partial charge in [0.15, 0.2) is 0 Å². The molecule has 27 heavy (non-hydrogen) atoms. The minimum atomic E-state index is 0. The molecule has 1 fully saturated rings. The van der Waals surface area contributed by atoms with E-state index in [0.717, 1.165) is 31.7 Å². The third-order valence-electron chi connectivity index (χ3n) is 4.99. The third-order valence-corrected chi connectivity index (χ3v) is 4.99. The first kappa shape index (κ1) is 23.3. The Hall–Kier alpha value is -1.75. The number of anilines is 1. The first-order valence-corrected chi connectivity index (χ1v) is 9.01. The van der Waals surface area contributed by atoms with E-state index < -0.39 is 0 Å². The maximum Gasteiger partial charge on any atom is 0.217 e. The molecule has 0 aliphatic carbocycles. The number of nitrogens with one attached hydrogen (secondary N) is 1. The van der Waals surface area contributed by atoms with Crippen LogP contribution in [-0.2, 0) is 11.3 Å². The molecule has 1 N–H and O–H groups in total. The van der Waals surface area contributed by atoms with Gasteiger partial charge in [0.25, 0.3) is 0 Å². The van der Waals surface area contributed by atoms with Crippen LogP contribution in [0.15, 0.2) is 54.6 Å². The topological polar surface area (TPSA) is 35.6 Å². The summed E-state index contributed by atoms with van der Waals surface area (Å²) in [7, 11) is 0. The molecule has 2 aromatic rings. The summed E-state index contributed by atoms with van der Waals surface area (Å²) in [6.45, 7) is 8.70. The van der Waals surface area contributed by atoms with Crippen molar-refractivity contribution >= 4 is 36.4 Å². The Balaban J connectivity index is 0.00000182. The molecule has 1 unspecified atom stereocenters. The van der Waals surface area contributed by atoms with E-state index in [1.807, 2.05) is 0 Å². The molecule has 1 aliphatic rings. The van der Waals surface area contributed by atoms with Gasteiger partial charge < -0.3 is 10.2 Å². The summed E-state index contributed by atoms with van der Waals surface area (Å²) in [5, 5.41) is 2.84. The summed E-state index contributed by atoms with van der Waals surface area (Å²) in [6, 6.07) is 19.7. The molecule has 1 amide bonds. The largest absolute Gasteiger partial charge is 0.369 e. The highest BCUT2D eigenvalue weighted by molar-refractivity contribution is 5.85. The smallest absolute Gasteiger partial charge is 0.217 e. The van der Waals surface area contributed by atoms with Crippen molar-refractivity contribution < 1.29 is 4.79 Å². The van der Waals surface area contributed by atoms with Crippen LogP contribution in [0, 0.1) is 0 Å². The second-order valence-electron chi connectivity index (χ2n) is 6.69. The van der Waals surface area contributed by atoms with Gasteiger partial charge in [0, 0.05) is 51.4 Å². The molecule has 2 aromatic carbocycles. The van der Waals surface area contributed by atoms with Gasteiger partial charge in [-0.1, -0.05) is 42.5 Å². The molecule has 0 aromatic heterocycles. The Morgan fingerprint density at radius 2 is 1.56 bits per heavy atom. The molecule has 1 saturated heterocycles. The number of amides is 1. The number of rotatable bonds is 5. The summed E-state index contributed by atoms with van der Waals surface area (Å²) >= 11 is 0. The van der Waals surface area contributed by atoms with E-state index in [2.05, 4.69) is 76.6 Å². The second kappa shape index (κ2) is 11.2. The van der Waals surface area contributed by atoms with Crippen LogP contribution < -0.4 is 10.2 Å². The quantitative estimate of drug-likeness (QED) is 0.808. The average Bonchev–Trinajstić information content (AvgIpc) is 2.67. The van der Waals surface area contributed by atoms with Crippen LogP contribution in [0.3, 0.4) is 0 Å². The van der Waals surface area contributed by atoms with Crippen molar-refractivity contribution in [1.29, 1.82) is 0 Å². The maximum atomic E-state index is 11.0. The lowest BCUT2D eigenvalue weighted by Gasteiger charge is -2.39. The minimum absolute atomic E-state index is 0. The van der Waals surface area contributed by atoms with E-state index >= 15 is 0 Å². The highest BCUT2D eigenvalue weighted by Crippen LogP contribution is 2.24. The highest BCUT2D eigenvalue weighted by Gasteiger charge is 2.22. The predicted molar refractivity (Wildman–Crippen MR) is 117 cm³/mol. The van der Waals surface area contributed by atoms with Crippen molar-refractivity contribution in [2.75, 3.05) is 31.1 Å². The van der Waals surface area contributed by atoms with Gasteiger partial charge >= 0.3 is 0 Å². The van der Waals surface area contributed by atoms with Gasteiger partial charge in [0.1, 0.15) is 0 Å². The first-order valence-electron chi connectivity index (χ1n) is 9.01. The van der Waals surface area contributed by atoms with Crippen molar-refractivity contribution in [3.05, 3.63) is 65.7 Å². The number of hydrogen-bond acceptors (Lipinski definition) is 3. The number of carbonyl (C=O) groups is 1. The third kappa shape index (κ3) is 6.42. The molecule has 0 radical (unpaired) electrons. The Labute approximate surface area is 174 Å². The number of hydrogen-bond donors (Lipinski definition) is 1. The molecule has 0 bridgehead atoms. The lowest BCUT2D eigenvalue weighted by Crippen LogP contribution is -2.47. The number of nitrogens with zero attached hydrogens (tertiary/aromatic N) is 2. The van der Waals surface area contributed by atoms with E-state index in [1.165, 1.54) is 11.3 Å². The van der Waals surface area contributed by atoms with E-state index in [1.54, 1.807) is 6.92 Å². The van der Waals surface area contributed by atoms with Crippen LogP contribution in [0.1, 0.15) is 31.0 Å². The van der Waals surface area contributed by atoms with Crippen molar-refractivity contribution in [3.8, 4) is 0 Å². The molecule has 1 heterocycles. The van der Waals surface area contributed by atoms with Gasteiger partial charge in [-0.05, 0) is 30.2 Å². The summed E-state index contributed by atoms with van der Waals surface area (Å²) in [5.74, 6) is 0.00808. The lowest BCUT2D eigenvalue weighted by atomic mass is 10.0. The standard InChI is InChI=1S/C21H27N3O.2ClH/c1-17(20-10-8-19(9-11-20)16-22-18(2)25)23-12-14-24(15-13-23)21-6-4-3-5-7-21;;/h3-11,17H,12-16H2,1-2H3,(H,22,25);2*1H.